The number of methoxy groups -OCH3 is 1. The molecule has 1 atom stereocenters. The van der Waals surface area contributed by atoms with E-state index in [9.17, 15) is 0 Å². The average Bonchev–Trinajstić information content (AvgIpc) is 2.33. The van der Waals surface area contributed by atoms with Crippen LogP contribution in [0, 0.1) is 6.92 Å². The Morgan fingerprint density at radius 3 is 2.94 bits per heavy atom. The van der Waals surface area contributed by atoms with Crippen molar-refractivity contribution in [1.82, 2.24) is 0 Å². The summed E-state index contributed by atoms with van der Waals surface area (Å²) in [6.45, 7) is 5.95. The first-order chi connectivity index (χ1) is 8.19. The summed E-state index contributed by atoms with van der Waals surface area (Å²) in [5, 5.41) is 0. The molecule has 17 heavy (non-hydrogen) atoms. The van der Waals surface area contributed by atoms with Crippen LogP contribution < -0.4 is 15.4 Å². The monoisotopic (exact) mass is 252 g/mol. The zero-order chi connectivity index (χ0) is 12.4. The molecule has 3 nitrogen and oxygen atoms in total. The first-order valence-corrected chi connectivity index (χ1v) is 6.94. The first-order valence-electron chi connectivity index (χ1n) is 5.96. The highest BCUT2D eigenvalue weighted by Crippen LogP contribution is 2.45. The maximum absolute atomic E-state index is 5.72. The van der Waals surface area contributed by atoms with Crippen LogP contribution in [0.25, 0.3) is 0 Å². The minimum absolute atomic E-state index is 0.506. The molecule has 0 bridgehead atoms. The summed E-state index contributed by atoms with van der Waals surface area (Å²) in [5.41, 5.74) is 8.26. The van der Waals surface area contributed by atoms with Crippen LogP contribution in [0.15, 0.2) is 17.0 Å². The van der Waals surface area contributed by atoms with E-state index in [1.807, 2.05) is 11.8 Å². The molecule has 1 unspecified atom stereocenters. The van der Waals surface area contributed by atoms with Gasteiger partial charge in [0.05, 0.1) is 12.8 Å². The molecule has 1 aromatic rings. The van der Waals surface area contributed by atoms with Crippen LogP contribution in [0.3, 0.4) is 0 Å². The highest BCUT2D eigenvalue weighted by molar-refractivity contribution is 7.99. The summed E-state index contributed by atoms with van der Waals surface area (Å²) in [5.74, 6) is 2.07. The number of hydrogen-bond donors (Lipinski definition) is 1. The van der Waals surface area contributed by atoms with E-state index in [0.29, 0.717) is 12.6 Å². The van der Waals surface area contributed by atoms with Crippen molar-refractivity contribution < 1.29 is 4.74 Å². The molecule has 1 aliphatic rings. The number of ether oxygens (including phenoxy) is 1. The van der Waals surface area contributed by atoms with E-state index in [2.05, 4.69) is 30.9 Å². The maximum Gasteiger partial charge on any atom is 0.143 e. The summed E-state index contributed by atoms with van der Waals surface area (Å²) >= 11 is 1.92. The molecule has 2 rings (SSSR count). The van der Waals surface area contributed by atoms with Crippen LogP contribution >= 0.6 is 11.8 Å². The summed E-state index contributed by atoms with van der Waals surface area (Å²) in [6.07, 6.45) is 0. The van der Waals surface area contributed by atoms with E-state index < -0.39 is 0 Å². The molecule has 2 N–H and O–H groups in total. The molecular formula is C13H20N2OS. The van der Waals surface area contributed by atoms with Gasteiger partial charge in [-0.05, 0) is 25.5 Å². The second kappa shape index (κ2) is 5.19. The molecule has 0 fully saturated rings. The van der Waals surface area contributed by atoms with Crippen LogP contribution in [-0.4, -0.2) is 32.0 Å². The van der Waals surface area contributed by atoms with Crippen molar-refractivity contribution in [3.05, 3.63) is 17.7 Å². The summed E-state index contributed by atoms with van der Waals surface area (Å²) in [7, 11) is 1.73. The number of rotatable bonds is 3. The zero-order valence-corrected chi connectivity index (χ0v) is 11.5. The lowest BCUT2D eigenvalue weighted by Crippen LogP contribution is -2.41. The summed E-state index contributed by atoms with van der Waals surface area (Å²) in [6, 6.07) is 4.68. The van der Waals surface area contributed by atoms with Gasteiger partial charge in [0.25, 0.3) is 0 Å². The lowest BCUT2D eigenvalue weighted by molar-refractivity contribution is 0.411. The van der Waals surface area contributed by atoms with E-state index in [1.165, 1.54) is 16.1 Å². The summed E-state index contributed by atoms with van der Waals surface area (Å²) < 4.78 is 5.50. The van der Waals surface area contributed by atoms with E-state index >= 15 is 0 Å². The summed E-state index contributed by atoms with van der Waals surface area (Å²) in [4.78, 5) is 3.72. The fourth-order valence-corrected chi connectivity index (χ4v) is 3.50. The van der Waals surface area contributed by atoms with Crippen molar-refractivity contribution in [3.8, 4) is 5.75 Å². The molecule has 1 heterocycles. The van der Waals surface area contributed by atoms with Gasteiger partial charge in [-0.1, -0.05) is 6.07 Å². The van der Waals surface area contributed by atoms with Crippen LogP contribution in [0.1, 0.15) is 12.5 Å². The minimum atomic E-state index is 0.506. The predicted octanol–water partition coefficient (Wildman–Crippen LogP) is 2.26. The van der Waals surface area contributed by atoms with Gasteiger partial charge < -0.3 is 15.4 Å². The van der Waals surface area contributed by atoms with Gasteiger partial charge in [0.1, 0.15) is 5.75 Å². The average molecular weight is 252 g/mol. The number of benzene rings is 1. The Hall–Kier alpha value is -0.870. The topological polar surface area (TPSA) is 38.5 Å². The highest BCUT2D eigenvalue weighted by Gasteiger charge is 2.27. The largest absolute Gasteiger partial charge is 0.495 e. The molecule has 0 amide bonds. The molecule has 0 saturated heterocycles. The van der Waals surface area contributed by atoms with Crippen molar-refractivity contribution in [3.63, 3.8) is 0 Å². The Kier molecular flexibility index (Phi) is 3.84. The second-order valence-corrected chi connectivity index (χ2v) is 5.43. The van der Waals surface area contributed by atoms with Crippen molar-refractivity contribution in [2.24, 2.45) is 5.73 Å². The third-order valence-electron chi connectivity index (χ3n) is 3.17. The number of aryl methyl sites for hydroxylation is 1. The SMILES string of the molecule is COc1ccc(C)c2c1N(CCN)C(C)CS2. The van der Waals surface area contributed by atoms with E-state index in [4.69, 9.17) is 10.5 Å². The van der Waals surface area contributed by atoms with Gasteiger partial charge in [0.15, 0.2) is 0 Å². The van der Waals surface area contributed by atoms with Crippen LogP contribution in [0.5, 0.6) is 5.75 Å². The molecule has 0 spiro atoms. The third-order valence-corrected chi connectivity index (χ3v) is 4.62. The fourth-order valence-electron chi connectivity index (χ4n) is 2.26. The molecule has 0 saturated carbocycles. The Labute approximate surface area is 107 Å². The van der Waals surface area contributed by atoms with Crippen molar-refractivity contribution in [2.45, 2.75) is 24.8 Å². The van der Waals surface area contributed by atoms with Crippen molar-refractivity contribution in [1.29, 1.82) is 0 Å². The fraction of sp³-hybridized carbons (Fsp3) is 0.538. The third kappa shape index (κ3) is 2.24. The number of nitrogens with zero attached hydrogens (tertiary/aromatic N) is 1. The molecule has 4 heteroatoms. The highest BCUT2D eigenvalue weighted by atomic mass is 32.2. The number of hydrogen-bond acceptors (Lipinski definition) is 4. The molecule has 1 aliphatic heterocycles. The van der Waals surface area contributed by atoms with Crippen LogP contribution in [0.4, 0.5) is 5.69 Å². The van der Waals surface area contributed by atoms with Gasteiger partial charge in [-0.15, -0.1) is 11.8 Å². The lowest BCUT2D eigenvalue weighted by Gasteiger charge is -2.38. The molecule has 1 aromatic carbocycles. The molecule has 0 aromatic heterocycles. The number of anilines is 1. The van der Waals surface area contributed by atoms with Crippen molar-refractivity contribution in [2.75, 3.05) is 30.9 Å². The molecule has 0 radical (unpaired) electrons. The molecule has 94 valence electrons. The Bertz CT molecular complexity index is 409. The first kappa shape index (κ1) is 12.6. The van der Waals surface area contributed by atoms with Gasteiger partial charge in [-0.2, -0.15) is 0 Å². The van der Waals surface area contributed by atoms with E-state index in [0.717, 1.165) is 18.0 Å². The maximum atomic E-state index is 5.72. The minimum Gasteiger partial charge on any atom is -0.495 e. The standard InChI is InChI=1S/C13H20N2OS/c1-9-4-5-11(16-3)12-13(9)17-8-10(2)15(12)7-6-14/h4-5,10H,6-8,14H2,1-3H3. The molecular weight excluding hydrogens is 232 g/mol. The van der Waals surface area contributed by atoms with Crippen LogP contribution in [0.2, 0.25) is 0 Å². The number of thioether (sulfide) groups is 1. The van der Waals surface area contributed by atoms with Gasteiger partial charge in [-0.25, -0.2) is 0 Å². The van der Waals surface area contributed by atoms with Gasteiger partial charge in [0.2, 0.25) is 0 Å². The van der Waals surface area contributed by atoms with E-state index in [-0.39, 0.29) is 0 Å². The Morgan fingerprint density at radius 1 is 1.53 bits per heavy atom. The van der Waals surface area contributed by atoms with Gasteiger partial charge in [0, 0.05) is 29.8 Å². The van der Waals surface area contributed by atoms with Gasteiger partial charge >= 0.3 is 0 Å². The van der Waals surface area contributed by atoms with E-state index in [1.54, 1.807) is 7.11 Å². The Balaban J connectivity index is 2.51. The van der Waals surface area contributed by atoms with Crippen LogP contribution in [-0.2, 0) is 0 Å². The normalized spacial score (nSPS) is 19.1. The predicted molar refractivity (Wildman–Crippen MR) is 74.3 cm³/mol. The molecule has 0 aliphatic carbocycles. The Morgan fingerprint density at radius 2 is 2.29 bits per heavy atom. The number of nitrogens with two attached hydrogens (primary N) is 1. The smallest absolute Gasteiger partial charge is 0.143 e. The van der Waals surface area contributed by atoms with Crippen molar-refractivity contribution >= 4 is 17.4 Å². The lowest BCUT2D eigenvalue weighted by atomic mass is 10.1. The van der Waals surface area contributed by atoms with Gasteiger partial charge in [-0.3, -0.25) is 0 Å². The second-order valence-electron chi connectivity index (χ2n) is 4.40. The quantitative estimate of drug-likeness (QED) is 0.895. The number of fused-ring (bicyclic) bond motifs is 1. The zero-order valence-electron chi connectivity index (χ0n) is 10.7.